The lowest BCUT2D eigenvalue weighted by Crippen LogP contribution is -2.00. The maximum atomic E-state index is 9.02. The van der Waals surface area contributed by atoms with Crippen LogP contribution < -0.4 is 4.74 Å². The van der Waals surface area contributed by atoms with E-state index in [0.29, 0.717) is 17.3 Å². The van der Waals surface area contributed by atoms with E-state index in [9.17, 15) is 0 Å². The van der Waals surface area contributed by atoms with Crippen LogP contribution in [0.4, 0.5) is 0 Å². The molecular weight excluding hydrogens is 206 g/mol. The maximum absolute atomic E-state index is 9.02. The topological polar surface area (TPSA) is 59.7 Å². The van der Waals surface area contributed by atoms with Crippen LogP contribution in [-0.2, 0) is 6.61 Å². The molecule has 1 N–H and O–H groups in total. The van der Waals surface area contributed by atoms with Crippen molar-refractivity contribution in [3.63, 3.8) is 0 Å². The van der Waals surface area contributed by atoms with Crippen LogP contribution in [0.2, 0.25) is 0 Å². The Morgan fingerprint density at radius 1 is 1.56 bits per heavy atom. The fourth-order valence-corrected chi connectivity index (χ4v) is 1.85. The number of ether oxygens (including phenoxy) is 1. The van der Waals surface area contributed by atoms with Gasteiger partial charge in [-0.1, -0.05) is 0 Å². The summed E-state index contributed by atoms with van der Waals surface area (Å²) in [5.41, 5.74) is 2.34. The first-order valence-electron chi connectivity index (χ1n) is 5.36. The fourth-order valence-electron chi connectivity index (χ4n) is 1.85. The number of rotatable bonds is 3. The quantitative estimate of drug-likeness (QED) is 0.840. The maximum Gasteiger partial charge on any atom is 0.157 e. The van der Waals surface area contributed by atoms with E-state index >= 15 is 0 Å². The molecule has 1 saturated carbocycles. The van der Waals surface area contributed by atoms with Gasteiger partial charge in [0, 0.05) is 12.0 Å². The van der Waals surface area contributed by atoms with Crippen LogP contribution in [0.15, 0.2) is 12.3 Å². The average molecular weight is 219 g/mol. The third kappa shape index (κ3) is 1.44. The van der Waals surface area contributed by atoms with Gasteiger partial charge in [0.25, 0.3) is 0 Å². The van der Waals surface area contributed by atoms with Gasteiger partial charge in [-0.3, -0.25) is 0 Å². The van der Waals surface area contributed by atoms with Crippen LogP contribution in [0.25, 0.3) is 5.65 Å². The van der Waals surface area contributed by atoms with Crippen LogP contribution >= 0.6 is 0 Å². The number of nitrogens with zero attached hydrogens (tertiary/aromatic N) is 3. The predicted molar refractivity (Wildman–Crippen MR) is 57.4 cm³/mol. The van der Waals surface area contributed by atoms with E-state index in [0.717, 1.165) is 11.4 Å². The third-order valence-electron chi connectivity index (χ3n) is 2.84. The van der Waals surface area contributed by atoms with Crippen molar-refractivity contribution in [2.45, 2.75) is 25.4 Å². The Bertz CT molecular complexity index is 531. The van der Waals surface area contributed by atoms with Crippen molar-refractivity contribution in [3.05, 3.63) is 23.7 Å². The Kier molecular flexibility index (Phi) is 2.07. The van der Waals surface area contributed by atoms with Crippen LogP contribution in [-0.4, -0.2) is 26.8 Å². The summed E-state index contributed by atoms with van der Waals surface area (Å²) < 4.78 is 7.03. The van der Waals surface area contributed by atoms with Gasteiger partial charge in [0.2, 0.25) is 0 Å². The highest BCUT2D eigenvalue weighted by atomic mass is 16.5. The van der Waals surface area contributed by atoms with Crippen molar-refractivity contribution in [1.29, 1.82) is 0 Å². The van der Waals surface area contributed by atoms with E-state index in [1.165, 1.54) is 12.8 Å². The van der Waals surface area contributed by atoms with Gasteiger partial charge < -0.3 is 9.84 Å². The molecule has 1 aliphatic carbocycles. The van der Waals surface area contributed by atoms with Crippen molar-refractivity contribution in [2.24, 2.45) is 0 Å². The Balaban J connectivity index is 2.17. The van der Waals surface area contributed by atoms with E-state index in [1.807, 2.05) is 6.07 Å². The molecule has 5 nitrogen and oxygen atoms in total. The summed E-state index contributed by atoms with van der Waals surface area (Å²) in [4.78, 5) is 4.23. The van der Waals surface area contributed by atoms with E-state index in [-0.39, 0.29) is 6.61 Å². The number of methoxy groups -OCH3 is 1. The van der Waals surface area contributed by atoms with Gasteiger partial charge in [0.15, 0.2) is 5.65 Å². The minimum Gasteiger partial charge on any atom is -0.495 e. The molecule has 5 heteroatoms. The molecule has 84 valence electrons. The lowest BCUT2D eigenvalue weighted by Gasteiger charge is -2.06. The number of aromatic nitrogens is 3. The van der Waals surface area contributed by atoms with Crippen molar-refractivity contribution >= 4 is 5.65 Å². The highest BCUT2D eigenvalue weighted by molar-refractivity contribution is 5.47. The van der Waals surface area contributed by atoms with Gasteiger partial charge in [-0.05, 0) is 12.8 Å². The molecule has 0 bridgehead atoms. The Morgan fingerprint density at radius 2 is 2.38 bits per heavy atom. The third-order valence-corrected chi connectivity index (χ3v) is 2.84. The SMILES string of the molecule is COc1cc2nc(CO)cn2nc1C1CC1. The van der Waals surface area contributed by atoms with Gasteiger partial charge in [0.05, 0.1) is 25.6 Å². The molecule has 1 fully saturated rings. The van der Waals surface area contributed by atoms with E-state index in [4.69, 9.17) is 9.84 Å². The summed E-state index contributed by atoms with van der Waals surface area (Å²) in [5, 5.41) is 13.5. The number of aliphatic hydroxyl groups excluding tert-OH is 1. The van der Waals surface area contributed by atoms with Gasteiger partial charge in [-0.25, -0.2) is 9.50 Å². The summed E-state index contributed by atoms with van der Waals surface area (Å²) in [7, 11) is 1.65. The molecule has 0 spiro atoms. The number of aliphatic hydroxyl groups is 1. The second-order valence-corrected chi connectivity index (χ2v) is 4.07. The largest absolute Gasteiger partial charge is 0.495 e. The van der Waals surface area contributed by atoms with Crippen molar-refractivity contribution in [1.82, 2.24) is 14.6 Å². The summed E-state index contributed by atoms with van der Waals surface area (Å²) >= 11 is 0. The van der Waals surface area contributed by atoms with Crippen molar-refractivity contribution < 1.29 is 9.84 Å². The smallest absolute Gasteiger partial charge is 0.157 e. The Morgan fingerprint density at radius 3 is 3.00 bits per heavy atom. The number of hydrogen-bond acceptors (Lipinski definition) is 4. The molecule has 3 rings (SSSR count). The normalized spacial score (nSPS) is 15.6. The first kappa shape index (κ1) is 9.59. The minimum atomic E-state index is -0.0650. The van der Waals surface area contributed by atoms with Gasteiger partial charge >= 0.3 is 0 Å². The minimum absolute atomic E-state index is 0.0650. The second-order valence-electron chi connectivity index (χ2n) is 4.07. The second kappa shape index (κ2) is 3.45. The zero-order valence-corrected chi connectivity index (χ0v) is 9.05. The first-order valence-corrected chi connectivity index (χ1v) is 5.36. The standard InChI is InChI=1S/C11H13N3O2/c1-16-9-4-10-12-8(6-15)5-14(10)13-11(9)7-2-3-7/h4-5,7,15H,2-3,6H2,1H3. The predicted octanol–water partition coefficient (Wildman–Crippen LogP) is 1.11. The molecule has 2 aromatic rings. The number of imidazole rings is 1. The van der Waals surface area contributed by atoms with Crippen LogP contribution in [0.1, 0.15) is 30.1 Å². The average Bonchev–Trinajstić information content (AvgIpc) is 3.07. The van der Waals surface area contributed by atoms with E-state index < -0.39 is 0 Å². The number of fused-ring (bicyclic) bond motifs is 1. The van der Waals surface area contributed by atoms with E-state index in [1.54, 1.807) is 17.8 Å². The van der Waals surface area contributed by atoms with Gasteiger partial charge in [-0.2, -0.15) is 5.10 Å². The zero-order valence-electron chi connectivity index (χ0n) is 9.05. The van der Waals surface area contributed by atoms with Crippen LogP contribution in [0.3, 0.4) is 0 Å². The molecule has 1 aliphatic rings. The van der Waals surface area contributed by atoms with Crippen LogP contribution in [0, 0.1) is 0 Å². The highest BCUT2D eigenvalue weighted by Gasteiger charge is 2.29. The lowest BCUT2D eigenvalue weighted by atomic mass is 10.2. The number of hydrogen-bond donors (Lipinski definition) is 1. The summed E-state index contributed by atoms with van der Waals surface area (Å²) in [5.74, 6) is 1.32. The molecule has 0 radical (unpaired) electrons. The van der Waals surface area contributed by atoms with Crippen molar-refractivity contribution in [3.8, 4) is 5.75 Å². The molecule has 2 aromatic heterocycles. The van der Waals surface area contributed by atoms with Gasteiger partial charge in [-0.15, -0.1) is 0 Å². The summed E-state index contributed by atoms with van der Waals surface area (Å²) in [6, 6.07) is 1.87. The lowest BCUT2D eigenvalue weighted by molar-refractivity contribution is 0.277. The molecule has 16 heavy (non-hydrogen) atoms. The molecular formula is C11H13N3O2. The van der Waals surface area contributed by atoms with Gasteiger partial charge in [0.1, 0.15) is 11.4 Å². The van der Waals surface area contributed by atoms with E-state index in [2.05, 4.69) is 10.1 Å². The molecule has 2 heterocycles. The molecule has 0 atom stereocenters. The molecule has 0 saturated heterocycles. The molecule has 0 aliphatic heterocycles. The summed E-state index contributed by atoms with van der Waals surface area (Å²) in [6.45, 7) is -0.0650. The highest BCUT2D eigenvalue weighted by Crippen LogP contribution is 2.43. The monoisotopic (exact) mass is 219 g/mol. The molecule has 0 unspecified atom stereocenters. The van der Waals surface area contributed by atoms with Crippen molar-refractivity contribution in [2.75, 3.05) is 7.11 Å². The molecule has 0 amide bonds. The fraction of sp³-hybridized carbons (Fsp3) is 0.455. The Labute approximate surface area is 92.7 Å². The Hall–Kier alpha value is -1.62. The zero-order chi connectivity index (χ0) is 11.1. The summed E-state index contributed by atoms with van der Waals surface area (Å²) in [6.07, 6.45) is 4.10. The van der Waals surface area contributed by atoms with Crippen LogP contribution in [0.5, 0.6) is 5.75 Å². The first-order chi connectivity index (χ1) is 7.81. The molecule has 0 aromatic carbocycles.